The van der Waals surface area contributed by atoms with Crippen LogP contribution in [0.3, 0.4) is 0 Å². The lowest BCUT2D eigenvalue weighted by Gasteiger charge is -2.24. The van der Waals surface area contributed by atoms with Crippen molar-refractivity contribution in [3.05, 3.63) is 28.8 Å². The molecule has 2 N–H and O–H groups in total. The highest BCUT2D eigenvalue weighted by Gasteiger charge is 2.18. The summed E-state index contributed by atoms with van der Waals surface area (Å²) in [5.41, 5.74) is 0.521. The lowest BCUT2D eigenvalue weighted by Crippen LogP contribution is -2.45. The lowest BCUT2D eigenvalue weighted by molar-refractivity contribution is 0.0927. The van der Waals surface area contributed by atoms with Crippen molar-refractivity contribution >= 4 is 29.9 Å². The maximum absolute atomic E-state index is 12.1. The quantitative estimate of drug-likeness (QED) is 0.900. The number of hydrogen-bond donors (Lipinski definition) is 2. The molecule has 0 radical (unpaired) electrons. The second-order valence-electron chi connectivity index (χ2n) is 4.36. The van der Waals surface area contributed by atoms with E-state index < -0.39 is 0 Å². The van der Waals surface area contributed by atoms with Gasteiger partial charge in [-0.2, -0.15) is 0 Å². The first-order valence-corrected chi connectivity index (χ1v) is 6.43. The van der Waals surface area contributed by atoms with Crippen LogP contribution in [0, 0.1) is 0 Å². The van der Waals surface area contributed by atoms with E-state index in [0.29, 0.717) is 16.3 Å². The van der Waals surface area contributed by atoms with E-state index >= 15 is 0 Å². The molecule has 1 heterocycles. The second-order valence-corrected chi connectivity index (χ2v) is 4.80. The van der Waals surface area contributed by atoms with Crippen LogP contribution in [0.5, 0.6) is 5.75 Å². The third-order valence-corrected chi connectivity index (χ3v) is 3.28. The number of amides is 1. The zero-order valence-corrected chi connectivity index (χ0v) is 12.3. The smallest absolute Gasteiger partial charge is 0.255 e. The Morgan fingerprint density at radius 2 is 2.32 bits per heavy atom. The van der Waals surface area contributed by atoms with E-state index in [1.807, 2.05) is 0 Å². The van der Waals surface area contributed by atoms with E-state index in [-0.39, 0.29) is 24.4 Å². The number of rotatable bonds is 3. The number of carbonyl (C=O) groups excluding carboxylic acids is 1. The molecular formula is C13H18Cl2N2O2. The van der Waals surface area contributed by atoms with Gasteiger partial charge in [0, 0.05) is 17.6 Å². The van der Waals surface area contributed by atoms with Crippen molar-refractivity contribution in [2.24, 2.45) is 0 Å². The Kier molecular flexibility index (Phi) is 6.42. The normalized spacial score (nSPS) is 18.3. The van der Waals surface area contributed by atoms with Gasteiger partial charge in [0.25, 0.3) is 5.91 Å². The minimum Gasteiger partial charge on any atom is -0.496 e. The summed E-state index contributed by atoms with van der Waals surface area (Å²) >= 11 is 5.87. The fourth-order valence-corrected chi connectivity index (χ4v) is 2.25. The van der Waals surface area contributed by atoms with E-state index in [9.17, 15) is 4.79 Å². The van der Waals surface area contributed by atoms with Gasteiger partial charge in [-0.15, -0.1) is 12.4 Å². The molecule has 1 atom stereocenters. The zero-order chi connectivity index (χ0) is 13.0. The molecule has 1 aromatic carbocycles. The Bertz CT molecular complexity index is 435. The van der Waals surface area contributed by atoms with Crippen LogP contribution in [0.25, 0.3) is 0 Å². The van der Waals surface area contributed by atoms with Crippen molar-refractivity contribution < 1.29 is 9.53 Å². The molecule has 4 nitrogen and oxygen atoms in total. The number of carbonyl (C=O) groups is 1. The van der Waals surface area contributed by atoms with Crippen LogP contribution in [0.4, 0.5) is 0 Å². The molecule has 0 saturated carbocycles. The highest BCUT2D eigenvalue weighted by Crippen LogP contribution is 2.23. The number of ether oxygens (including phenoxy) is 1. The van der Waals surface area contributed by atoms with Crippen molar-refractivity contribution in [2.45, 2.75) is 18.9 Å². The monoisotopic (exact) mass is 304 g/mol. The molecule has 0 aromatic heterocycles. The number of methoxy groups -OCH3 is 1. The molecule has 2 rings (SSSR count). The summed E-state index contributed by atoms with van der Waals surface area (Å²) in [4.78, 5) is 12.1. The maximum Gasteiger partial charge on any atom is 0.255 e. The molecule has 19 heavy (non-hydrogen) atoms. The number of benzene rings is 1. The van der Waals surface area contributed by atoms with Gasteiger partial charge >= 0.3 is 0 Å². The molecule has 6 heteroatoms. The molecule has 0 unspecified atom stereocenters. The van der Waals surface area contributed by atoms with Gasteiger partial charge in [0.2, 0.25) is 0 Å². The lowest BCUT2D eigenvalue weighted by atomic mass is 10.1. The number of halogens is 2. The number of piperidine rings is 1. The molecule has 0 aliphatic carbocycles. The van der Waals surface area contributed by atoms with Crippen molar-refractivity contribution in [1.82, 2.24) is 10.6 Å². The van der Waals surface area contributed by atoms with Crippen LogP contribution in [0.15, 0.2) is 18.2 Å². The molecule has 0 bridgehead atoms. The van der Waals surface area contributed by atoms with Gasteiger partial charge < -0.3 is 15.4 Å². The van der Waals surface area contributed by atoms with E-state index in [2.05, 4.69) is 10.6 Å². The van der Waals surface area contributed by atoms with Gasteiger partial charge in [-0.25, -0.2) is 0 Å². The van der Waals surface area contributed by atoms with Crippen molar-refractivity contribution in [3.63, 3.8) is 0 Å². The predicted molar refractivity (Wildman–Crippen MR) is 78.6 cm³/mol. The van der Waals surface area contributed by atoms with Crippen LogP contribution in [-0.2, 0) is 0 Å². The van der Waals surface area contributed by atoms with E-state index in [0.717, 1.165) is 25.9 Å². The summed E-state index contributed by atoms with van der Waals surface area (Å²) in [6, 6.07) is 5.21. The minimum atomic E-state index is -0.114. The van der Waals surface area contributed by atoms with Gasteiger partial charge in [0.05, 0.1) is 12.7 Å². The first-order valence-electron chi connectivity index (χ1n) is 6.06. The fraction of sp³-hybridized carbons (Fsp3) is 0.462. The Morgan fingerprint density at radius 3 is 2.95 bits per heavy atom. The first kappa shape index (κ1) is 16.1. The van der Waals surface area contributed by atoms with Crippen molar-refractivity contribution in [1.29, 1.82) is 0 Å². The third kappa shape index (κ3) is 4.27. The highest BCUT2D eigenvalue weighted by molar-refractivity contribution is 6.30. The van der Waals surface area contributed by atoms with Crippen LogP contribution >= 0.6 is 24.0 Å². The Balaban J connectivity index is 0.00000180. The van der Waals surface area contributed by atoms with Crippen LogP contribution in [-0.4, -0.2) is 32.1 Å². The van der Waals surface area contributed by atoms with Crippen molar-refractivity contribution in [3.8, 4) is 5.75 Å². The minimum absolute atomic E-state index is 0. The molecule has 1 aromatic rings. The standard InChI is InChI=1S/C13H17ClN2O2.ClH/c1-18-12-7-9(14)4-5-11(12)13(17)16-10-3-2-6-15-8-10;/h4-5,7,10,15H,2-3,6,8H2,1H3,(H,16,17);1H/t10-;/m0./s1. The average molecular weight is 305 g/mol. The number of hydrogen-bond acceptors (Lipinski definition) is 3. The molecule has 106 valence electrons. The molecule has 0 spiro atoms. The van der Waals surface area contributed by atoms with Gasteiger partial charge in [-0.05, 0) is 37.6 Å². The van der Waals surface area contributed by atoms with Gasteiger partial charge in [-0.3, -0.25) is 4.79 Å². The zero-order valence-electron chi connectivity index (χ0n) is 10.7. The molecule has 1 aliphatic heterocycles. The molecular weight excluding hydrogens is 287 g/mol. The fourth-order valence-electron chi connectivity index (χ4n) is 2.09. The Hall–Kier alpha value is -0.970. The van der Waals surface area contributed by atoms with E-state index in [1.54, 1.807) is 18.2 Å². The summed E-state index contributed by atoms with van der Waals surface area (Å²) in [6.07, 6.45) is 2.09. The Labute approximate surface area is 124 Å². The summed E-state index contributed by atoms with van der Waals surface area (Å²) in [7, 11) is 1.53. The topological polar surface area (TPSA) is 50.4 Å². The van der Waals surface area contributed by atoms with Gasteiger partial charge in [0.1, 0.15) is 5.75 Å². The summed E-state index contributed by atoms with van der Waals surface area (Å²) in [5, 5.41) is 6.83. The van der Waals surface area contributed by atoms with Gasteiger partial charge in [-0.1, -0.05) is 11.6 Å². The maximum atomic E-state index is 12.1. The molecule has 1 aliphatic rings. The van der Waals surface area contributed by atoms with Gasteiger partial charge in [0.15, 0.2) is 0 Å². The van der Waals surface area contributed by atoms with Crippen LogP contribution in [0.2, 0.25) is 5.02 Å². The molecule has 1 fully saturated rings. The van der Waals surface area contributed by atoms with Crippen LogP contribution < -0.4 is 15.4 Å². The summed E-state index contributed by atoms with van der Waals surface area (Å²) in [5.74, 6) is 0.390. The summed E-state index contributed by atoms with van der Waals surface area (Å²) < 4.78 is 5.18. The number of nitrogens with one attached hydrogen (secondary N) is 2. The summed E-state index contributed by atoms with van der Waals surface area (Å²) in [6.45, 7) is 1.85. The van der Waals surface area contributed by atoms with E-state index in [1.165, 1.54) is 7.11 Å². The largest absolute Gasteiger partial charge is 0.496 e. The Morgan fingerprint density at radius 1 is 1.53 bits per heavy atom. The SMILES string of the molecule is COc1cc(Cl)ccc1C(=O)N[C@H]1CCCNC1.Cl. The molecule has 1 saturated heterocycles. The van der Waals surface area contributed by atoms with E-state index in [4.69, 9.17) is 16.3 Å². The molecule has 1 amide bonds. The van der Waals surface area contributed by atoms with Crippen molar-refractivity contribution in [2.75, 3.05) is 20.2 Å². The second kappa shape index (κ2) is 7.58. The van der Waals surface area contributed by atoms with Crippen LogP contribution in [0.1, 0.15) is 23.2 Å². The first-order chi connectivity index (χ1) is 8.70. The average Bonchev–Trinajstić information content (AvgIpc) is 2.39. The third-order valence-electron chi connectivity index (χ3n) is 3.04. The highest BCUT2D eigenvalue weighted by atomic mass is 35.5. The predicted octanol–water partition coefficient (Wildman–Crippen LogP) is 2.25.